The third-order valence-electron chi connectivity index (χ3n) is 4.89. The number of nitrogens with zero attached hydrogens (tertiary/aromatic N) is 5. The SMILES string of the molecule is Cc1nc(Nc2nccc3nc(-c4c(F)cccc4Cl)sc23)cc(N2CCOCC2)n1. The van der Waals surface area contributed by atoms with E-state index in [0.29, 0.717) is 51.8 Å². The standard InChI is InChI=1S/C21H18ClFN6OS/c1-12-25-16(11-17(26-12)29-7-9-30-10-8-29)28-20-19-15(5-6-24-20)27-21(31-19)18-13(22)3-2-4-14(18)23/h2-6,11H,7-10H2,1H3,(H,24,25,26,28). The van der Waals surface area contributed by atoms with E-state index in [1.165, 1.54) is 17.4 Å². The molecule has 1 saturated heterocycles. The van der Waals surface area contributed by atoms with E-state index in [1.807, 2.05) is 13.0 Å². The normalized spacial score (nSPS) is 14.2. The molecule has 0 amide bonds. The van der Waals surface area contributed by atoms with Gasteiger partial charge in [-0.15, -0.1) is 11.3 Å². The molecule has 1 aromatic carbocycles. The summed E-state index contributed by atoms with van der Waals surface area (Å²) in [5.74, 6) is 2.32. The van der Waals surface area contributed by atoms with E-state index >= 15 is 0 Å². The summed E-state index contributed by atoms with van der Waals surface area (Å²) < 4.78 is 20.6. The summed E-state index contributed by atoms with van der Waals surface area (Å²) >= 11 is 7.56. The molecule has 5 rings (SSSR count). The number of ether oxygens (including phenoxy) is 1. The van der Waals surface area contributed by atoms with Gasteiger partial charge in [0, 0.05) is 25.4 Å². The summed E-state index contributed by atoms with van der Waals surface area (Å²) in [5.41, 5.74) is 1.000. The predicted molar refractivity (Wildman–Crippen MR) is 121 cm³/mol. The highest BCUT2D eigenvalue weighted by atomic mass is 35.5. The van der Waals surface area contributed by atoms with Crippen LogP contribution in [0.25, 0.3) is 20.8 Å². The number of nitrogens with one attached hydrogen (secondary N) is 1. The fourth-order valence-corrected chi connectivity index (χ4v) is 4.82. The summed E-state index contributed by atoms with van der Waals surface area (Å²) in [6.07, 6.45) is 1.66. The Kier molecular flexibility index (Phi) is 5.39. The van der Waals surface area contributed by atoms with Gasteiger partial charge < -0.3 is 15.0 Å². The van der Waals surface area contributed by atoms with Gasteiger partial charge in [-0.05, 0) is 25.1 Å². The first-order valence-electron chi connectivity index (χ1n) is 9.74. The molecule has 1 aliphatic heterocycles. The highest BCUT2D eigenvalue weighted by molar-refractivity contribution is 7.22. The summed E-state index contributed by atoms with van der Waals surface area (Å²) in [4.78, 5) is 20.3. The summed E-state index contributed by atoms with van der Waals surface area (Å²) in [6.45, 7) is 4.77. The van der Waals surface area contributed by atoms with Crippen LogP contribution in [0.1, 0.15) is 5.82 Å². The van der Waals surface area contributed by atoms with Gasteiger partial charge in [-0.3, -0.25) is 0 Å². The van der Waals surface area contributed by atoms with Gasteiger partial charge >= 0.3 is 0 Å². The Balaban J connectivity index is 1.51. The van der Waals surface area contributed by atoms with Crippen molar-refractivity contribution >= 4 is 50.6 Å². The second-order valence-electron chi connectivity index (χ2n) is 7.01. The predicted octanol–water partition coefficient (Wildman–Crippen LogP) is 4.83. The monoisotopic (exact) mass is 456 g/mol. The maximum Gasteiger partial charge on any atom is 0.151 e. The number of fused-ring (bicyclic) bond motifs is 1. The fraction of sp³-hybridized carbons (Fsp3) is 0.238. The number of hydrogen-bond acceptors (Lipinski definition) is 8. The maximum absolute atomic E-state index is 14.4. The smallest absolute Gasteiger partial charge is 0.151 e. The van der Waals surface area contributed by atoms with Crippen LogP contribution in [0.5, 0.6) is 0 Å². The molecule has 0 aliphatic carbocycles. The number of morpholine rings is 1. The van der Waals surface area contributed by atoms with Gasteiger partial charge in [-0.2, -0.15) is 0 Å². The lowest BCUT2D eigenvalue weighted by Crippen LogP contribution is -2.36. The molecule has 0 unspecified atom stereocenters. The number of benzene rings is 1. The third kappa shape index (κ3) is 4.04. The number of anilines is 3. The van der Waals surface area contributed by atoms with Crippen molar-refractivity contribution < 1.29 is 9.13 Å². The molecular weight excluding hydrogens is 439 g/mol. The van der Waals surface area contributed by atoms with Crippen molar-refractivity contribution in [1.82, 2.24) is 19.9 Å². The van der Waals surface area contributed by atoms with Crippen molar-refractivity contribution in [1.29, 1.82) is 0 Å². The molecular formula is C21H18ClFN6OS. The molecule has 1 fully saturated rings. The molecule has 0 saturated carbocycles. The maximum atomic E-state index is 14.4. The van der Waals surface area contributed by atoms with Gasteiger partial charge in [0.25, 0.3) is 0 Å². The molecule has 0 radical (unpaired) electrons. The minimum atomic E-state index is -0.407. The number of hydrogen-bond donors (Lipinski definition) is 1. The molecule has 4 heterocycles. The van der Waals surface area contributed by atoms with Gasteiger partial charge in [0.05, 0.1) is 34.0 Å². The average Bonchev–Trinajstić information content (AvgIpc) is 3.19. The molecule has 1 N–H and O–H groups in total. The lowest BCUT2D eigenvalue weighted by molar-refractivity contribution is 0.122. The van der Waals surface area contributed by atoms with E-state index in [-0.39, 0.29) is 0 Å². The van der Waals surface area contributed by atoms with Crippen molar-refractivity contribution in [3.8, 4) is 10.6 Å². The first-order chi connectivity index (χ1) is 15.1. The van der Waals surface area contributed by atoms with E-state index in [1.54, 1.807) is 24.4 Å². The van der Waals surface area contributed by atoms with Crippen LogP contribution in [0.4, 0.5) is 21.8 Å². The topological polar surface area (TPSA) is 76.1 Å². The van der Waals surface area contributed by atoms with Crippen LogP contribution in [0, 0.1) is 12.7 Å². The number of aryl methyl sites for hydroxylation is 1. The van der Waals surface area contributed by atoms with Crippen molar-refractivity contribution in [3.63, 3.8) is 0 Å². The summed E-state index contributed by atoms with van der Waals surface area (Å²) in [5, 5.41) is 4.11. The lowest BCUT2D eigenvalue weighted by atomic mass is 10.2. The number of halogens is 2. The quantitative estimate of drug-likeness (QED) is 0.471. The molecule has 10 heteroatoms. The second-order valence-corrected chi connectivity index (χ2v) is 8.41. The van der Waals surface area contributed by atoms with Gasteiger partial charge in [0.2, 0.25) is 0 Å². The molecule has 31 heavy (non-hydrogen) atoms. The Hall–Kier alpha value is -2.88. The number of pyridine rings is 1. The first kappa shape index (κ1) is 20.0. The lowest BCUT2D eigenvalue weighted by Gasteiger charge is -2.28. The Morgan fingerprint density at radius 2 is 2.00 bits per heavy atom. The van der Waals surface area contributed by atoms with Gasteiger partial charge in [0.15, 0.2) is 5.82 Å². The van der Waals surface area contributed by atoms with Crippen LogP contribution >= 0.6 is 22.9 Å². The van der Waals surface area contributed by atoms with Crippen molar-refractivity contribution in [2.75, 3.05) is 36.5 Å². The van der Waals surface area contributed by atoms with E-state index in [9.17, 15) is 4.39 Å². The third-order valence-corrected chi connectivity index (χ3v) is 6.30. The first-order valence-corrected chi connectivity index (χ1v) is 10.9. The Morgan fingerprint density at radius 3 is 2.81 bits per heavy atom. The number of aromatic nitrogens is 4. The Bertz CT molecular complexity index is 1240. The largest absolute Gasteiger partial charge is 0.378 e. The van der Waals surface area contributed by atoms with Crippen LogP contribution in [0.15, 0.2) is 36.5 Å². The molecule has 0 spiro atoms. The molecule has 158 valence electrons. The van der Waals surface area contributed by atoms with Crippen molar-refractivity contribution in [2.24, 2.45) is 0 Å². The number of thiazole rings is 1. The fourth-order valence-electron chi connectivity index (χ4n) is 3.45. The Morgan fingerprint density at radius 1 is 1.16 bits per heavy atom. The van der Waals surface area contributed by atoms with Crippen LogP contribution in [-0.4, -0.2) is 46.2 Å². The minimum absolute atomic E-state index is 0.295. The zero-order valence-electron chi connectivity index (χ0n) is 16.6. The number of rotatable bonds is 4. The average molecular weight is 457 g/mol. The Labute approximate surface area is 186 Å². The van der Waals surface area contributed by atoms with Crippen LogP contribution in [0.3, 0.4) is 0 Å². The van der Waals surface area contributed by atoms with E-state index < -0.39 is 5.82 Å². The molecule has 1 aliphatic rings. The molecule has 4 aromatic rings. The highest BCUT2D eigenvalue weighted by Crippen LogP contribution is 2.38. The van der Waals surface area contributed by atoms with Crippen molar-refractivity contribution in [2.45, 2.75) is 6.92 Å². The van der Waals surface area contributed by atoms with Crippen LogP contribution < -0.4 is 10.2 Å². The molecule has 0 bridgehead atoms. The molecule has 3 aromatic heterocycles. The van der Waals surface area contributed by atoms with Crippen LogP contribution in [-0.2, 0) is 4.74 Å². The highest BCUT2D eigenvalue weighted by Gasteiger charge is 2.18. The van der Waals surface area contributed by atoms with Crippen LogP contribution in [0.2, 0.25) is 5.02 Å². The van der Waals surface area contributed by atoms with Gasteiger partial charge in [-0.1, -0.05) is 17.7 Å². The van der Waals surface area contributed by atoms with E-state index in [0.717, 1.165) is 23.6 Å². The second kappa shape index (κ2) is 8.33. The minimum Gasteiger partial charge on any atom is -0.378 e. The summed E-state index contributed by atoms with van der Waals surface area (Å²) in [7, 11) is 0. The zero-order chi connectivity index (χ0) is 21.4. The summed E-state index contributed by atoms with van der Waals surface area (Å²) in [6, 6.07) is 8.29. The van der Waals surface area contributed by atoms with Gasteiger partial charge in [-0.25, -0.2) is 24.3 Å². The van der Waals surface area contributed by atoms with E-state index in [2.05, 4.69) is 30.2 Å². The van der Waals surface area contributed by atoms with Crippen molar-refractivity contribution in [3.05, 3.63) is 53.2 Å². The van der Waals surface area contributed by atoms with Gasteiger partial charge in [0.1, 0.15) is 28.3 Å². The molecule has 7 nitrogen and oxygen atoms in total. The zero-order valence-corrected chi connectivity index (χ0v) is 18.2. The molecule has 0 atom stereocenters. The van der Waals surface area contributed by atoms with E-state index in [4.69, 9.17) is 16.3 Å².